The van der Waals surface area contributed by atoms with Gasteiger partial charge < -0.3 is 10.1 Å². The van der Waals surface area contributed by atoms with Crippen molar-refractivity contribution in [2.75, 3.05) is 6.61 Å². The van der Waals surface area contributed by atoms with E-state index in [0.717, 1.165) is 6.20 Å². The van der Waals surface area contributed by atoms with Crippen molar-refractivity contribution in [2.24, 2.45) is 0 Å². The van der Waals surface area contributed by atoms with Crippen molar-refractivity contribution in [3.8, 4) is 0 Å². The molecular formula is C7H7N3O6. The predicted octanol–water partition coefficient (Wildman–Crippen LogP) is -2.19. The summed E-state index contributed by atoms with van der Waals surface area (Å²) in [5.41, 5.74) is -0.328. The predicted molar refractivity (Wildman–Crippen MR) is 48.7 cm³/mol. The highest BCUT2D eigenvalue weighted by Gasteiger charge is 2.11. The van der Waals surface area contributed by atoms with Gasteiger partial charge in [-0.25, -0.2) is 15.1 Å². The number of rotatable bonds is 4. The number of nitrogens with one attached hydrogen (secondary N) is 3. The number of aromatic amines is 2. The number of carbonyl (C=O) groups excluding carboxylic acids is 1. The van der Waals surface area contributed by atoms with Gasteiger partial charge in [0, 0.05) is 6.20 Å². The highest BCUT2D eigenvalue weighted by molar-refractivity contribution is 5.92. The Balaban J connectivity index is 2.70. The maximum atomic E-state index is 11.2. The van der Waals surface area contributed by atoms with Gasteiger partial charge in [0.15, 0.2) is 6.61 Å². The Bertz CT molecular complexity index is 515. The van der Waals surface area contributed by atoms with E-state index in [-0.39, 0.29) is 0 Å². The fourth-order valence-electron chi connectivity index (χ4n) is 0.797. The molecule has 1 aromatic rings. The van der Waals surface area contributed by atoms with Gasteiger partial charge in [-0.2, -0.15) is 0 Å². The largest absolute Gasteiger partial charge is 0.479 e. The van der Waals surface area contributed by atoms with Crippen molar-refractivity contribution in [1.29, 1.82) is 0 Å². The number of amides is 1. The van der Waals surface area contributed by atoms with Gasteiger partial charge >= 0.3 is 11.7 Å². The molecule has 9 nitrogen and oxygen atoms in total. The lowest BCUT2D eigenvalue weighted by atomic mass is 10.3. The maximum absolute atomic E-state index is 11.2. The number of aromatic nitrogens is 2. The molecule has 9 heteroatoms. The third kappa shape index (κ3) is 3.06. The van der Waals surface area contributed by atoms with Gasteiger partial charge in [-0.15, -0.1) is 0 Å². The molecule has 0 unspecified atom stereocenters. The maximum Gasteiger partial charge on any atom is 0.332 e. The van der Waals surface area contributed by atoms with Crippen molar-refractivity contribution < 1.29 is 19.5 Å². The topological polar surface area (TPSA) is 141 Å². The first-order chi connectivity index (χ1) is 7.50. The number of hydroxylamine groups is 1. The van der Waals surface area contributed by atoms with Crippen LogP contribution in [0.2, 0.25) is 0 Å². The van der Waals surface area contributed by atoms with E-state index >= 15 is 0 Å². The molecule has 1 amide bonds. The van der Waals surface area contributed by atoms with Crippen LogP contribution in [-0.4, -0.2) is 33.6 Å². The van der Waals surface area contributed by atoms with Gasteiger partial charge in [-0.1, -0.05) is 0 Å². The zero-order valence-electron chi connectivity index (χ0n) is 7.77. The minimum absolute atomic E-state index is 0.398. The summed E-state index contributed by atoms with van der Waals surface area (Å²) in [5, 5.41) is 8.20. The Morgan fingerprint density at radius 3 is 2.69 bits per heavy atom. The third-order valence-electron chi connectivity index (χ3n) is 1.42. The Morgan fingerprint density at radius 1 is 1.44 bits per heavy atom. The number of carboxylic acid groups (broad SMARTS) is 1. The molecule has 0 bridgehead atoms. The summed E-state index contributed by atoms with van der Waals surface area (Å²) in [6.45, 7) is -0.743. The molecule has 1 heterocycles. The van der Waals surface area contributed by atoms with Crippen molar-refractivity contribution >= 4 is 11.9 Å². The molecular weight excluding hydrogens is 222 g/mol. The van der Waals surface area contributed by atoms with Crippen LogP contribution in [0.25, 0.3) is 0 Å². The molecule has 1 rings (SSSR count). The van der Waals surface area contributed by atoms with Crippen molar-refractivity contribution in [1.82, 2.24) is 15.4 Å². The molecule has 86 valence electrons. The quantitative estimate of drug-likeness (QED) is 0.432. The molecule has 0 atom stereocenters. The number of carboxylic acids is 1. The van der Waals surface area contributed by atoms with Crippen LogP contribution in [0.5, 0.6) is 0 Å². The normalized spacial score (nSPS) is 9.75. The Morgan fingerprint density at radius 2 is 2.12 bits per heavy atom. The van der Waals surface area contributed by atoms with Crippen LogP contribution in [-0.2, 0) is 9.63 Å². The molecule has 0 aliphatic heterocycles. The van der Waals surface area contributed by atoms with Gasteiger partial charge in [0.1, 0.15) is 5.56 Å². The first-order valence-corrected chi connectivity index (χ1v) is 3.96. The second-order valence-corrected chi connectivity index (χ2v) is 2.60. The van der Waals surface area contributed by atoms with Crippen LogP contribution in [0.15, 0.2) is 15.8 Å². The first kappa shape index (κ1) is 11.7. The number of hydrogen-bond acceptors (Lipinski definition) is 5. The number of carbonyl (C=O) groups is 2. The molecule has 1 aromatic heterocycles. The van der Waals surface area contributed by atoms with Gasteiger partial charge in [-0.3, -0.25) is 19.4 Å². The fourth-order valence-corrected chi connectivity index (χ4v) is 0.797. The number of H-pyrrole nitrogens is 2. The lowest BCUT2D eigenvalue weighted by Crippen LogP contribution is -2.34. The molecule has 4 N–H and O–H groups in total. The van der Waals surface area contributed by atoms with Crippen LogP contribution < -0.4 is 16.7 Å². The lowest BCUT2D eigenvalue weighted by molar-refractivity contribution is -0.144. The van der Waals surface area contributed by atoms with Crippen molar-refractivity contribution in [3.63, 3.8) is 0 Å². The van der Waals surface area contributed by atoms with E-state index in [9.17, 15) is 19.2 Å². The molecule has 0 radical (unpaired) electrons. The minimum atomic E-state index is -1.28. The Labute approximate surface area is 87.0 Å². The Hall–Kier alpha value is -2.42. The van der Waals surface area contributed by atoms with Crippen LogP contribution >= 0.6 is 0 Å². The average molecular weight is 229 g/mol. The van der Waals surface area contributed by atoms with E-state index in [0.29, 0.717) is 0 Å². The van der Waals surface area contributed by atoms with E-state index < -0.39 is 35.3 Å². The van der Waals surface area contributed by atoms with Gasteiger partial charge in [0.25, 0.3) is 11.5 Å². The van der Waals surface area contributed by atoms with Crippen molar-refractivity contribution in [3.05, 3.63) is 32.6 Å². The summed E-state index contributed by atoms with van der Waals surface area (Å²) in [5.74, 6) is -2.24. The molecule has 0 fully saturated rings. The Kier molecular flexibility index (Phi) is 3.56. The summed E-state index contributed by atoms with van der Waals surface area (Å²) in [6.07, 6.45) is 0.890. The molecule has 0 aromatic carbocycles. The minimum Gasteiger partial charge on any atom is -0.479 e. The standard InChI is InChI=1S/C7H7N3O6/c11-4(12)2-16-10-6(14)3-1-8-7(15)9-5(3)13/h1H,2H2,(H,10,14)(H,11,12)(H2,8,9,13,15). The molecule has 0 saturated heterocycles. The van der Waals surface area contributed by atoms with Crippen LogP contribution in [0.1, 0.15) is 10.4 Å². The highest BCUT2D eigenvalue weighted by atomic mass is 16.7. The lowest BCUT2D eigenvalue weighted by Gasteiger charge is -2.01. The van der Waals surface area contributed by atoms with E-state index in [4.69, 9.17) is 5.11 Å². The third-order valence-corrected chi connectivity index (χ3v) is 1.42. The fraction of sp³-hybridized carbons (Fsp3) is 0.143. The summed E-state index contributed by atoms with van der Waals surface area (Å²) >= 11 is 0. The number of hydrogen-bond donors (Lipinski definition) is 4. The van der Waals surface area contributed by atoms with E-state index in [1.165, 1.54) is 0 Å². The van der Waals surface area contributed by atoms with Crippen LogP contribution in [0.3, 0.4) is 0 Å². The second kappa shape index (κ2) is 4.89. The summed E-state index contributed by atoms with van der Waals surface area (Å²) < 4.78 is 0. The zero-order chi connectivity index (χ0) is 12.1. The number of aliphatic carboxylic acids is 1. The van der Waals surface area contributed by atoms with Gasteiger partial charge in [0.05, 0.1) is 0 Å². The van der Waals surface area contributed by atoms with Crippen LogP contribution in [0.4, 0.5) is 0 Å². The van der Waals surface area contributed by atoms with E-state index in [2.05, 4.69) is 9.82 Å². The summed E-state index contributed by atoms with van der Waals surface area (Å²) in [7, 11) is 0. The second-order valence-electron chi connectivity index (χ2n) is 2.60. The van der Waals surface area contributed by atoms with Crippen molar-refractivity contribution in [2.45, 2.75) is 0 Å². The van der Waals surface area contributed by atoms with Gasteiger partial charge in [0.2, 0.25) is 0 Å². The highest BCUT2D eigenvalue weighted by Crippen LogP contribution is 1.84. The molecule has 0 aliphatic rings. The average Bonchev–Trinajstić information content (AvgIpc) is 2.16. The first-order valence-electron chi connectivity index (χ1n) is 3.96. The van der Waals surface area contributed by atoms with E-state index in [1.807, 2.05) is 4.98 Å². The smallest absolute Gasteiger partial charge is 0.332 e. The molecule has 0 saturated carbocycles. The molecule has 0 aliphatic carbocycles. The SMILES string of the molecule is O=C(O)CONC(=O)c1c[nH]c(=O)[nH]c1=O. The van der Waals surface area contributed by atoms with Crippen LogP contribution in [0, 0.1) is 0 Å². The molecule has 0 spiro atoms. The van der Waals surface area contributed by atoms with Gasteiger partial charge in [-0.05, 0) is 0 Å². The zero-order valence-corrected chi connectivity index (χ0v) is 7.77. The summed E-state index contributed by atoms with van der Waals surface area (Å²) in [6, 6.07) is 0. The van der Waals surface area contributed by atoms with E-state index in [1.54, 1.807) is 5.48 Å². The monoisotopic (exact) mass is 229 g/mol. The summed E-state index contributed by atoms with van der Waals surface area (Å²) in [4.78, 5) is 51.1. The molecule has 16 heavy (non-hydrogen) atoms.